The summed E-state index contributed by atoms with van der Waals surface area (Å²) in [4.78, 5) is 2.34. The summed E-state index contributed by atoms with van der Waals surface area (Å²) in [6.45, 7) is 1.69. The van der Waals surface area contributed by atoms with E-state index in [-0.39, 0.29) is 30.1 Å². The van der Waals surface area contributed by atoms with Gasteiger partial charge in [-0.1, -0.05) is 91.0 Å². The zero-order valence-corrected chi connectivity index (χ0v) is 22.8. The quantitative estimate of drug-likeness (QED) is 0.192. The van der Waals surface area contributed by atoms with Gasteiger partial charge in [0.15, 0.2) is 0 Å². The fraction of sp³-hybridized carbons (Fsp3) is 0.294. The molecule has 220 valence electrons. The van der Waals surface area contributed by atoms with E-state index in [4.69, 9.17) is 4.74 Å². The molecule has 0 radical (unpaired) electrons. The van der Waals surface area contributed by atoms with Gasteiger partial charge in [0.05, 0.1) is 23.8 Å². The lowest BCUT2D eigenvalue weighted by Crippen LogP contribution is -2.46. The number of hydrogen-bond donors (Lipinski definition) is 0. The normalized spacial score (nSPS) is 18.4. The van der Waals surface area contributed by atoms with Crippen LogP contribution in [0.5, 0.6) is 0 Å². The molecule has 2 atom stereocenters. The van der Waals surface area contributed by atoms with Gasteiger partial charge < -0.3 is 4.74 Å². The Kier molecular flexibility index (Phi) is 9.04. The number of rotatable bonds is 8. The molecule has 4 aromatic carbocycles. The minimum atomic E-state index is -4.91. The first-order chi connectivity index (χ1) is 20.1. The van der Waals surface area contributed by atoms with Crippen LogP contribution >= 0.6 is 0 Å². The Morgan fingerprint density at radius 3 is 1.67 bits per heavy atom. The SMILES string of the molecule is FC(F)(F)c1cc(CO[C@@H]2CCN(Cc3ccccc3)C[C@@H]2C(c2ccccc2)c2ccccc2)cc(C(F)(F)F)c1. The van der Waals surface area contributed by atoms with Gasteiger partial charge >= 0.3 is 12.4 Å². The molecule has 1 aliphatic rings. The molecule has 1 saturated heterocycles. The number of hydrogen-bond acceptors (Lipinski definition) is 2. The Labute approximate surface area is 241 Å². The molecule has 1 fully saturated rings. The Hall–Kier alpha value is -3.62. The molecule has 2 nitrogen and oxygen atoms in total. The predicted molar refractivity (Wildman–Crippen MR) is 150 cm³/mol. The lowest BCUT2D eigenvalue weighted by Gasteiger charge is -2.42. The van der Waals surface area contributed by atoms with Crippen molar-refractivity contribution in [2.24, 2.45) is 5.92 Å². The number of halogens is 6. The summed E-state index contributed by atoms with van der Waals surface area (Å²) in [7, 11) is 0. The van der Waals surface area contributed by atoms with E-state index >= 15 is 0 Å². The summed E-state index contributed by atoms with van der Waals surface area (Å²) in [5, 5.41) is 0. The fourth-order valence-electron chi connectivity index (χ4n) is 5.86. The van der Waals surface area contributed by atoms with E-state index in [1.54, 1.807) is 0 Å². The Morgan fingerprint density at radius 1 is 0.667 bits per heavy atom. The van der Waals surface area contributed by atoms with Gasteiger partial charge in [-0.15, -0.1) is 0 Å². The predicted octanol–water partition coefficient (Wildman–Crippen LogP) is 8.96. The van der Waals surface area contributed by atoms with Gasteiger partial charge in [-0.3, -0.25) is 4.90 Å². The van der Waals surface area contributed by atoms with Crippen molar-refractivity contribution >= 4 is 0 Å². The van der Waals surface area contributed by atoms with Crippen LogP contribution in [-0.4, -0.2) is 24.1 Å². The molecule has 0 N–H and O–H groups in total. The number of benzene rings is 4. The summed E-state index contributed by atoms with van der Waals surface area (Å²) < 4.78 is 87.2. The minimum Gasteiger partial charge on any atom is -0.373 e. The van der Waals surface area contributed by atoms with Crippen molar-refractivity contribution in [2.45, 2.75) is 43.9 Å². The molecule has 0 spiro atoms. The zero-order chi connectivity index (χ0) is 29.7. The topological polar surface area (TPSA) is 12.5 Å². The van der Waals surface area contributed by atoms with Gasteiger partial charge in [0.2, 0.25) is 0 Å². The third kappa shape index (κ3) is 7.41. The van der Waals surface area contributed by atoms with Crippen LogP contribution in [0, 0.1) is 5.92 Å². The maximum absolute atomic E-state index is 13.5. The van der Waals surface area contributed by atoms with Crippen molar-refractivity contribution in [2.75, 3.05) is 13.1 Å². The Bertz CT molecular complexity index is 1350. The molecule has 8 heteroatoms. The molecule has 42 heavy (non-hydrogen) atoms. The first-order valence-corrected chi connectivity index (χ1v) is 13.8. The molecule has 4 aromatic rings. The van der Waals surface area contributed by atoms with Crippen LogP contribution in [0.3, 0.4) is 0 Å². The van der Waals surface area contributed by atoms with Crippen LogP contribution < -0.4 is 0 Å². The van der Waals surface area contributed by atoms with Crippen molar-refractivity contribution in [3.05, 3.63) is 143 Å². The van der Waals surface area contributed by atoms with Crippen LogP contribution in [-0.2, 0) is 30.2 Å². The highest BCUT2D eigenvalue weighted by molar-refractivity contribution is 5.35. The Morgan fingerprint density at radius 2 is 1.17 bits per heavy atom. The standard InChI is InChI=1S/C34H31F6NO/c35-33(36,37)28-18-25(19-29(20-28)34(38,39)40)23-42-31-16-17-41(21-24-10-4-1-5-11-24)22-30(31)32(26-12-6-2-7-13-26)27-14-8-3-9-15-27/h1-15,18-20,30-32H,16-17,21-23H2/t30-,31+/m0/s1. The molecule has 1 heterocycles. The highest BCUT2D eigenvalue weighted by atomic mass is 19.4. The van der Waals surface area contributed by atoms with Gasteiger partial charge in [0, 0.05) is 31.5 Å². The number of likely N-dealkylation sites (tertiary alicyclic amines) is 1. The van der Waals surface area contributed by atoms with E-state index in [0.717, 1.165) is 35.4 Å². The molecule has 0 bridgehead atoms. The second kappa shape index (κ2) is 12.7. The molecular weight excluding hydrogens is 552 g/mol. The molecule has 0 unspecified atom stereocenters. The fourth-order valence-corrected chi connectivity index (χ4v) is 5.86. The molecule has 0 aromatic heterocycles. The summed E-state index contributed by atoms with van der Waals surface area (Å²) in [6.07, 6.45) is -9.63. The van der Waals surface area contributed by atoms with E-state index < -0.39 is 29.6 Å². The first-order valence-electron chi connectivity index (χ1n) is 13.8. The van der Waals surface area contributed by atoms with Crippen molar-refractivity contribution in [3.8, 4) is 0 Å². The second-order valence-electron chi connectivity index (χ2n) is 10.7. The zero-order valence-electron chi connectivity index (χ0n) is 22.8. The maximum atomic E-state index is 13.5. The molecule has 1 aliphatic heterocycles. The van der Waals surface area contributed by atoms with Gasteiger partial charge in [0.1, 0.15) is 0 Å². The van der Waals surface area contributed by atoms with E-state index in [1.165, 1.54) is 0 Å². The second-order valence-corrected chi connectivity index (χ2v) is 10.7. The van der Waals surface area contributed by atoms with Gasteiger partial charge in [-0.2, -0.15) is 26.3 Å². The molecule has 5 rings (SSSR count). The van der Waals surface area contributed by atoms with Gasteiger partial charge in [0.25, 0.3) is 0 Å². The molecule has 0 amide bonds. The van der Waals surface area contributed by atoms with Crippen LogP contribution in [0.4, 0.5) is 26.3 Å². The van der Waals surface area contributed by atoms with E-state index in [2.05, 4.69) is 17.0 Å². The van der Waals surface area contributed by atoms with E-state index in [0.29, 0.717) is 19.5 Å². The lowest BCUT2D eigenvalue weighted by molar-refractivity contribution is -0.143. The molecule has 0 aliphatic carbocycles. The highest BCUT2D eigenvalue weighted by Gasteiger charge is 2.39. The van der Waals surface area contributed by atoms with Crippen LogP contribution in [0.1, 0.15) is 45.7 Å². The molecule has 0 saturated carbocycles. The van der Waals surface area contributed by atoms with E-state index in [1.807, 2.05) is 78.9 Å². The first kappa shape index (κ1) is 29.9. The van der Waals surface area contributed by atoms with Crippen molar-refractivity contribution < 1.29 is 31.1 Å². The lowest BCUT2D eigenvalue weighted by atomic mass is 9.75. The number of ether oxygens (including phenoxy) is 1. The average molecular weight is 584 g/mol. The Balaban J connectivity index is 1.47. The van der Waals surface area contributed by atoms with Crippen LogP contribution in [0.25, 0.3) is 0 Å². The summed E-state index contributed by atoms with van der Waals surface area (Å²) in [5.41, 5.74) is 0.478. The van der Waals surface area contributed by atoms with Gasteiger partial charge in [-0.05, 0) is 46.9 Å². The minimum absolute atomic E-state index is 0.0942. The van der Waals surface area contributed by atoms with Crippen LogP contribution in [0.2, 0.25) is 0 Å². The van der Waals surface area contributed by atoms with Crippen molar-refractivity contribution in [1.29, 1.82) is 0 Å². The van der Waals surface area contributed by atoms with Crippen molar-refractivity contribution in [1.82, 2.24) is 4.90 Å². The third-order valence-electron chi connectivity index (χ3n) is 7.78. The van der Waals surface area contributed by atoms with Gasteiger partial charge in [-0.25, -0.2) is 0 Å². The summed E-state index contributed by atoms with van der Waals surface area (Å²) >= 11 is 0. The summed E-state index contributed by atoms with van der Waals surface area (Å²) in [5.74, 6) is -0.205. The number of alkyl halides is 6. The number of piperidine rings is 1. The smallest absolute Gasteiger partial charge is 0.373 e. The maximum Gasteiger partial charge on any atom is 0.416 e. The third-order valence-corrected chi connectivity index (χ3v) is 7.78. The van der Waals surface area contributed by atoms with Crippen LogP contribution in [0.15, 0.2) is 109 Å². The number of nitrogens with zero attached hydrogens (tertiary/aromatic N) is 1. The summed E-state index contributed by atoms with van der Waals surface area (Å²) in [6, 6.07) is 31.7. The molecular formula is C34H31F6NO. The van der Waals surface area contributed by atoms with E-state index in [9.17, 15) is 26.3 Å². The van der Waals surface area contributed by atoms with Crippen molar-refractivity contribution in [3.63, 3.8) is 0 Å². The largest absolute Gasteiger partial charge is 0.416 e. The average Bonchev–Trinajstić information content (AvgIpc) is 2.97. The highest BCUT2D eigenvalue weighted by Crippen LogP contribution is 2.40. The monoisotopic (exact) mass is 583 g/mol.